The fourth-order valence-corrected chi connectivity index (χ4v) is 5.04. The van der Waals surface area contributed by atoms with Crippen LogP contribution in [0.3, 0.4) is 0 Å². The van der Waals surface area contributed by atoms with E-state index in [1.165, 1.54) is 4.90 Å². The number of nitrogens with zero attached hydrogens (tertiary/aromatic N) is 1. The number of thiocarbonyl (C=S) groups is 1. The Hall–Kier alpha value is -1.07. The summed E-state index contributed by atoms with van der Waals surface area (Å²) < 4.78 is 50.4. The molecule has 1 N–H and O–H groups in total. The quantitative estimate of drug-likeness (QED) is 0.559. The molecule has 0 aromatic rings. The van der Waals surface area contributed by atoms with Crippen molar-refractivity contribution in [1.82, 2.24) is 4.90 Å². The zero-order chi connectivity index (χ0) is 19.7. The van der Waals surface area contributed by atoms with Crippen molar-refractivity contribution in [3.63, 3.8) is 0 Å². The Labute approximate surface area is 158 Å². The molecule has 0 bridgehead atoms. The zero-order valence-electron chi connectivity index (χ0n) is 14.2. The lowest BCUT2D eigenvalue weighted by Crippen LogP contribution is -2.53. The van der Waals surface area contributed by atoms with Crippen LogP contribution in [0.2, 0.25) is 0 Å². The summed E-state index contributed by atoms with van der Waals surface area (Å²) in [4.78, 5) is 22.1. The summed E-state index contributed by atoms with van der Waals surface area (Å²) in [6.45, 7) is 3.39. The van der Waals surface area contributed by atoms with E-state index in [1.54, 1.807) is 13.8 Å². The van der Waals surface area contributed by atoms with E-state index in [9.17, 15) is 27.9 Å². The van der Waals surface area contributed by atoms with E-state index >= 15 is 0 Å². The first kappa shape index (κ1) is 21.2. The molecule has 26 heavy (non-hydrogen) atoms. The van der Waals surface area contributed by atoms with Crippen LogP contribution < -0.4 is 0 Å². The summed E-state index contributed by atoms with van der Waals surface area (Å²) in [6.07, 6.45) is -5.88. The molecule has 2 rings (SSSR count). The molecule has 1 amide bonds. The maximum absolute atomic E-state index is 13.7. The molecule has 0 aromatic carbocycles. The third-order valence-corrected chi connectivity index (χ3v) is 6.03. The van der Waals surface area contributed by atoms with Crippen LogP contribution in [0.15, 0.2) is 0 Å². The third kappa shape index (κ3) is 3.94. The minimum Gasteiger partial charge on any atom is -0.479 e. The normalized spacial score (nSPS) is 27.8. The van der Waals surface area contributed by atoms with Crippen LogP contribution in [-0.4, -0.2) is 63.7 Å². The molecule has 11 heteroatoms. The fraction of sp³-hybridized carbons (Fsp3) is 0.800. The summed E-state index contributed by atoms with van der Waals surface area (Å²) in [5, 5.41) is 10.5. The molecular weight excluding hydrogens is 395 g/mol. The predicted molar refractivity (Wildman–Crippen MR) is 91.5 cm³/mol. The Morgan fingerprint density at radius 1 is 1.31 bits per heavy atom. The van der Waals surface area contributed by atoms with Gasteiger partial charge in [0.05, 0.1) is 19.1 Å². The molecule has 1 saturated heterocycles. The molecule has 148 valence electrons. The second-order valence-corrected chi connectivity index (χ2v) is 7.98. The van der Waals surface area contributed by atoms with Crippen molar-refractivity contribution < 1.29 is 37.3 Å². The van der Waals surface area contributed by atoms with E-state index in [-0.39, 0.29) is 44.5 Å². The van der Waals surface area contributed by atoms with Crippen LogP contribution >= 0.6 is 24.0 Å². The molecule has 1 aliphatic heterocycles. The summed E-state index contributed by atoms with van der Waals surface area (Å²) in [6, 6.07) is 0. The summed E-state index contributed by atoms with van der Waals surface area (Å²) in [5.74, 6) is -3.69. The van der Waals surface area contributed by atoms with Gasteiger partial charge in [0.15, 0.2) is 0 Å². The van der Waals surface area contributed by atoms with E-state index < -0.39 is 45.1 Å². The number of thioether (sulfide) groups is 1. The van der Waals surface area contributed by atoms with Crippen molar-refractivity contribution in [2.75, 3.05) is 26.3 Å². The number of fused-ring (bicyclic) bond motifs is 1. The maximum atomic E-state index is 13.7. The van der Waals surface area contributed by atoms with Gasteiger partial charge in [0, 0.05) is 19.5 Å². The average molecular weight is 415 g/mol. The van der Waals surface area contributed by atoms with Gasteiger partial charge in [0.1, 0.15) is 5.78 Å². The second kappa shape index (κ2) is 7.89. The largest absolute Gasteiger partial charge is 0.479 e. The lowest BCUT2D eigenvalue weighted by atomic mass is 9.87. The Bertz CT molecular complexity index is 588. The highest BCUT2D eigenvalue weighted by Crippen LogP contribution is 2.54. The molecule has 6 nitrogen and oxygen atoms in total. The highest BCUT2D eigenvalue weighted by Gasteiger charge is 2.68. The first-order chi connectivity index (χ1) is 12.0. The molecule has 0 radical (unpaired) electrons. The van der Waals surface area contributed by atoms with E-state index in [1.807, 2.05) is 0 Å². The number of carbonyl (C=O) groups is 2. The van der Waals surface area contributed by atoms with Crippen molar-refractivity contribution in [3.8, 4) is 0 Å². The summed E-state index contributed by atoms with van der Waals surface area (Å²) in [7, 11) is 0. The fourth-order valence-electron chi connectivity index (χ4n) is 3.56. The number of ketones is 1. The Kier molecular flexibility index (Phi) is 6.44. The standard InChI is InChI=1S/C15H20F3NO5S2/c1-3-23-12(21)19-6-8-5-10(20)11(9(8)7-19)14(22,15(16,17)18)26-13(25)24-4-2/h8-9,11,22H,3-7H2,1-2H3. The van der Waals surface area contributed by atoms with Crippen LogP contribution in [0.4, 0.5) is 18.0 Å². The number of rotatable bonds is 4. The highest BCUT2D eigenvalue weighted by molar-refractivity contribution is 8.23. The summed E-state index contributed by atoms with van der Waals surface area (Å²) in [5.41, 5.74) is 0. The van der Waals surface area contributed by atoms with Gasteiger partial charge < -0.3 is 19.5 Å². The molecule has 1 saturated carbocycles. The van der Waals surface area contributed by atoms with Crippen molar-refractivity contribution in [3.05, 3.63) is 0 Å². The van der Waals surface area contributed by atoms with Gasteiger partial charge >= 0.3 is 12.3 Å². The topological polar surface area (TPSA) is 76.1 Å². The number of Topliss-reactive ketones (excluding diaryl/α,β-unsaturated/α-hetero) is 1. The molecule has 2 fully saturated rings. The number of ether oxygens (including phenoxy) is 2. The SMILES string of the molecule is CCOC(=O)N1CC2CC(=O)C(C(O)(SC(=S)OCC)C(F)(F)F)C2C1. The average Bonchev–Trinajstić information content (AvgIpc) is 3.02. The molecule has 4 atom stereocenters. The molecule has 2 aliphatic rings. The second-order valence-electron chi connectivity index (χ2n) is 6.16. The monoisotopic (exact) mass is 415 g/mol. The van der Waals surface area contributed by atoms with Gasteiger partial charge in [-0.25, -0.2) is 4.79 Å². The van der Waals surface area contributed by atoms with Gasteiger partial charge in [-0.1, -0.05) is 0 Å². The van der Waals surface area contributed by atoms with Crippen molar-refractivity contribution in [1.29, 1.82) is 0 Å². The van der Waals surface area contributed by atoms with Crippen LogP contribution in [0.5, 0.6) is 0 Å². The molecule has 0 spiro atoms. The highest BCUT2D eigenvalue weighted by atomic mass is 32.2. The van der Waals surface area contributed by atoms with Crippen molar-refractivity contribution in [2.24, 2.45) is 17.8 Å². The lowest BCUT2D eigenvalue weighted by molar-refractivity contribution is -0.238. The maximum Gasteiger partial charge on any atom is 0.428 e. The van der Waals surface area contributed by atoms with Gasteiger partial charge in [0.25, 0.3) is 0 Å². The Balaban J connectivity index is 2.28. The molecule has 0 aromatic heterocycles. The molecule has 1 aliphatic carbocycles. The number of carbonyl (C=O) groups excluding carboxylic acids is 2. The summed E-state index contributed by atoms with van der Waals surface area (Å²) >= 11 is 4.68. The molecule has 4 unspecified atom stereocenters. The number of amides is 1. The minimum atomic E-state index is -5.11. The first-order valence-corrected chi connectivity index (χ1v) is 9.36. The van der Waals surface area contributed by atoms with Crippen molar-refractivity contribution >= 4 is 40.2 Å². The van der Waals surface area contributed by atoms with E-state index in [0.717, 1.165) is 0 Å². The number of likely N-dealkylation sites (tertiary alicyclic amines) is 1. The zero-order valence-corrected chi connectivity index (χ0v) is 15.9. The molecular formula is C15H20F3NO5S2. The van der Waals surface area contributed by atoms with E-state index in [4.69, 9.17) is 21.7 Å². The number of hydrogen-bond acceptors (Lipinski definition) is 7. The van der Waals surface area contributed by atoms with E-state index in [2.05, 4.69) is 0 Å². The van der Waals surface area contributed by atoms with Crippen LogP contribution in [0, 0.1) is 17.8 Å². The van der Waals surface area contributed by atoms with Crippen LogP contribution in [-0.2, 0) is 14.3 Å². The predicted octanol–water partition coefficient (Wildman–Crippen LogP) is 2.59. The Morgan fingerprint density at radius 2 is 1.92 bits per heavy atom. The number of aliphatic hydroxyl groups is 1. The molecule has 1 heterocycles. The van der Waals surface area contributed by atoms with Crippen LogP contribution in [0.1, 0.15) is 20.3 Å². The van der Waals surface area contributed by atoms with Gasteiger partial charge in [-0.05, 0) is 49.7 Å². The number of hydrogen-bond donors (Lipinski definition) is 1. The van der Waals surface area contributed by atoms with Crippen molar-refractivity contribution in [2.45, 2.75) is 31.4 Å². The third-order valence-electron chi connectivity index (χ3n) is 4.58. The van der Waals surface area contributed by atoms with Gasteiger partial charge in [-0.15, -0.1) is 0 Å². The first-order valence-electron chi connectivity index (χ1n) is 8.14. The number of halogens is 3. The van der Waals surface area contributed by atoms with Gasteiger partial charge in [-0.3, -0.25) is 4.79 Å². The number of alkyl halides is 3. The van der Waals surface area contributed by atoms with E-state index in [0.29, 0.717) is 0 Å². The minimum absolute atomic E-state index is 0.0427. The Morgan fingerprint density at radius 3 is 2.46 bits per heavy atom. The lowest BCUT2D eigenvalue weighted by Gasteiger charge is -2.36. The van der Waals surface area contributed by atoms with Crippen LogP contribution in [0.25, 0.3) is 0 Å². The van der Waals surface area contributed by atoms with Gasteiger partial charge in [0.2, 0.25) is 9.32 Å². The smallest absolute Gasteiger partial charge is 0.428 e. The van der Waals surface area contributed by atoms with Gasteiger partial charge in [-0.2, -0.15) is 13.2 Å².